The van der Waals surface area contributed by atoms with Crippen LogP contribution in [0.2, 0.25) is 0 Å². The first kappa shape index (κ1) is 32.3. The van der Waals surface area contributed by atoms with Crippen molar-refractivity contribution in [1.29, 1.82) is 0 Å². The third-order valence-corrected chi connectivity index (χ3v) is 10.5. The molecule has 0 bridgehead atoms. The van der Waals surface area contributed by atoms with E-state index in [1.165, 1.54) is 0 Å². The van der Waals surface area contributed by atoms with Gasteiger partial charge in [0.05, 0.1) is 27.4 Å². The number of hydrogen-bond donors (Lipinski definition) is 3. The van der Waals surface area contributed by atoms with Crippen LogP contribution in [0.4, 0.5) is 26.0 Å². The van der Waals surface area contributed by atoms with Crippen molar-refractivity contribution in [1.82, 2.24) is 29.2 Å². The number of amides is 2. The molecule has 47 heavy (non-hydrogen) atoms. The Bertz CT molecular complexity index is 1960. The second kappa shape index (κ2) is 12.5. The van der Waals surface area contributed by atoms with Gasteiger partial charge in [-0.2, -0.15) is 14.5 Å². The third kappa shape index (κ3) is 6.35. The number of sulfonamides is 1. The van der Waals surface area contributed by atoms with Gasteiger partial charge in [0.2, 0.25) is 10.0 Å². The number of fused-ring (bicyclic) bond motifs is 1. The molecule has 2 aromatic carbocycles. The molecule has 2 amide bonds. The van der Waals surface area contributed by atoms with Crippen LogP contribution in [0, 0.1) is 25.5 Å². The summed E-state index contributed by atoms with van der Waals surface area (Å²) in [5.74, 6) is -2.90. The molecule has 4 heterocycles. The molecule has 2 aliphatic heterocycles. The molecular weight excluding hydrogens is 632 g/mol. The Hall–Kier alpha value is -4.67. The van der Waals surface area contributed by atoms with Crippen molar-refractivity contribution in [2.45, 2.75) is 31.7 Å². The van der Waals surface area contributed by atoms with E-state index in [-0.39, 0.29) is 36.6 Å². The van der Waals surface area contributed by atoms with Crippen molar-refractivity contribution in [3.05, 3.63) is 81.8 Å². The summed E-state index contributed by atoms with van der Waals surface area (Å²) < 4.78 is 57.0. The average molecular weight is 668 g/mol. The van der Waals surface area contributed by atoms with E-state index >= 15 is 0 Å². The topological polar surface area (TPSA) is 149 Å². The fourth-order valence-corrected chi connectivity index (χ4v) is 7.41. The van der Waals surface area contributed by atoms with Crippen molar-refractivity contribution in [3.8, 4) is 0 Å². The number of H-pyrrole nitrogens is 1. The molecule has 0 spiro atoms. The molecule has 0 atom stereocenters. The minimum absolute atomic E-state index is 0.0418. The minimum Gasteiger partial charge on any atom is -0.369 e. The maximum atomic E-state index is 13.9. The Morgan fingerprint density at radius 2 is 1.62 bits per heavy atom. The van der Waals surface area contributed by atoms with Gasteiger partial charge in [-0.3, -0.25) is 19.4 Å². The summed E-state index contributed by atoms with van der Waals surface area (Å²) in [5, 5.41) is 17.1. The summed E-state index contributed by atoms with van der Waals surface area (Å²) in [6.45, 7) is 6.66. The predicted octanol–water partition coefficient (Wildman–Crippen LogP) is 3.04. The molecule has 6 rings (SSSR count). The number of anilines is 3. The first-order valence-electron chi connectivity index (χ1n) is 15.0. The number of hydrogen-bond acceptors (Lipinski definition) is 8. The highest BCUT2D eigenvalue weighted by Crippen LogP contribution is 2.31. The fourth-order valence-electron chi connectivity index (χ4n) is 5.96. The first-order valence-corrected chi connectivity index (χ1v) is 16.5. The number of carbonyl (C=O) groups is 2. The van der Waals surface area contributed by atoms with Gasteiger partial charge in [-0.1, -0.05) is 0 Å². The van der Waals surface area contributed by atoms with Crippen molar-refractivity contribution in [2.24, 2.45) is 7.05 Å². The van der Waals surface area contributed by atoms with Crippen LogP contribution in [-0.4, -0.2) is 89.2 Å². The van der Waals surface area contributed by atoms with Crippen molar-refractivity contribution >= 4 is 39.0 Å². The third-order valence-electron chi connectivity index (χ3n) is 8.70. The van der Waals surface area contributed by atoms with Crippen LogP contribution in [0.15, 0.2) is 41.3 Å². The summed E-state index contributed by atoms with van der Waals surface area (Å²) in [7, 11) is -0.455. The van der Waals surface area contributed by atoms with Crippen LogP contribution in [0.5, 0.6) is 0 Å². The number of halogens is 2. The van der Waals surface area contributed by atoms with Gasteiger partial charge >= 0.3 is 0 Å². The van der Waals surface area contributed by atoms with E-state index in [0.29, 0.717) is 34.3 Å². The Morgan fingerprint density at radius 1 is 0.915 bits per heavy atom. The zero-order valence-corrected chi connectivity index (χ0v) is 27.2. The predicted molar refractivity (Wildman–Crippen MR) is 171 cm³/mol. The highest BCUT2D eigenvalue weighted by molar-refractivity contribution is 7.89. The van der Waals surface area contributed by atoms with Gasteiger partial charge in [0, 0.05) is 81.4 Å². The van der Waals surface area contributed by atoms with Gasteiger partial charge in [-0.15, -0.1) is 0 Å². The zero-order valence-electron chi connectivity index (χ0n) is 26.4. The zero-order chi connectivity index (χ0) is 33.6. The monoisotopic (exact) mass is 667 g/mol. The normalized spacial score (nSPS) is 15.8. The van der Waals surface area contributed by atoms with Gasteiger partial charge < -0.3 is 20.4 Å². The highest BCUT2D eigenvalue weighted by atomic mass is 32.2. The van der Waals surface area contributed by atoms with E-state index < -0.39 is 38.4 Å². The lowest BCUT2D eigenvalue weighted by molar-refractivity contribution is 0.102. The second-order valence-corrected chi connectivity index (χ2v) is 13.8. The number of piperazine rings is 1. The van der Waals surface area contributed by atoms with Crippen molar-refractivity contribution < 1.29 is 26.8 Å². The standard InChI is InChI=1S/C31H35F2N9O4S/c1-18-28(19(2)40(4)38-18)31(44)34-27-16-22(41-11-9-39(3)10-12-41)5-6-24(27)30(43)35-29-25-17-42(8-7-26(25)36-37-29)47(45,46)23-14-20(32)13-21(33)15-23/h5-6,13-16H,7-12,17H2,1-4H3,(H,34,44)(H2,35,36,37,43). The van der Waals surface area contributed by atoms with Gasteiger partial charge in [0.25, 0.3) is 11.8 Å². The molecule has 13 nitrogen and oxygen atoms in total. The molecule has 2 aromatic heterocycles. The number of aromatic nitrogens is 4. The van der Waals surface area contributed by atoms with Gasteiger partial charge in [-0.25, -0.2) is 17.2 Å². The molecule has 4 aromatic rings. The number of aromatic amines is 1. The molecule has 0 radical (unpaired) electrons. The molecule has 1 fully saturated rings. The van der Waals surface area contributed by atoms with Crippen LogP contribution in [-0.2, 0) is 30.0 Å². The smallest absolute Gasteiger partial charge is 0.259 e. The maximum absolute atomic E-state index is 13.9. The van der Waals surface area contributed by atoms with E-state index in [1.807, 2.05) is 6.07 Å². The molecule has 0 unspecified atom stereocenters. The van der Waals surface area contributed by atoms with Crippen LogP contribution in [0.3, 0.4) is 0 Å². The largest absolute Gasteiger partial charge is 0.369 e. The maximum Gasteiger partial charge on any atom is 0.259 e. The number of nitrogens with zero attached hydrogens (tertiary/aromatic N) is 6. The highest BCUT2D eigenvalue weighted by Gasteiger charge is 2.33. The minimum atomic E-state index is -4.26. The first-order chi connectivity index (χ1) is 22.3. The van der Waals surface area contributed by atoms with Crippen LogP contribution in [0.1, 0.15) is 43.4 Å². The lowest BCUT2D eigenvalue weighted by Gasteiger charge is -2.34. The lowest BCUT2D eigenvalue weighted by atomic mass is 10.1. The second-order valence-electron chi connectivity index (χ2n) is 11.8. The number of likely N-dealkylation sites (N-methyl/N-ethyl adjacent to an activating group) is 1. The summed E-state index contributed by atoms with van der Waals surface area (Å²) in [5.41, 5.74) is 3.97. The fraction of sp³-hybridized carbons (Fsp3) is 0.355. The quantitative estimate of drug-likeness (QED) is 0.273. The molecule has 0 aliphatic carbocycles. The molecule has 1 saturated heterocycles. The van der Waals surface area contributed by atoms with Gasteiger partial charge in [0.15, 0.2) is 5.82 Å². The summed E-state index contributed by atoms with van der Waals surface area (Å²) in [4.78, 5) is 31.2. The Balaban J connectivity index is 1.28. The number of benzene rings is 2. The molecular formula is C31H35F2N9O4S. The number of nitrogens with one attached hydrogen (secondary N) is 3. The van der Waals surface area contributed by atoms with Crippen molar-refractivity contribution in [3.63, 3.8) is 0 Å². The van der Waals surface area contributed by atoms with E-state index in [1.54, 1.807) is 37.7 Å². The number of aryl methyl sites for hydroxylation is 2. The van der Waals surface area contributed by atoms with Crippen LogP contribution < -0.4 is 15.5 Å². The molecule has 16 heteroatoms. The number of carbonyl (C=O) groups excluding carboxylic acids is 2. The number of rotatable bonds is 7. The molecule has 248 valence electrons. The summed E-state index contributed by atoms with van der Waals surface area (Å²) in [6, 6.07) is 7.36. The average Bonchev–Trinajstić information content (AvgIpc) is 3.54. The van der Waals surface area contributed by atoms with Crippen LogP contribution in [0.25, 0.3) is 0 Å². The lowest BCUT2D eigenvalue weighted by Crippen LogP contribution is -2.44. The summed E-state index contributed by atoms with van der Waals surface area (Å²) in [6.07, 6.45) is 0.236. The Morgan fingerprint density at radius 3 is 2.28 bits per heavy atom. The van der Waals surface area contributed by atoms with Crippen molar-refractivity contribution in [2.75, 3.05) is 55.3 Å². The molecule has 2 aliphatic rings. The van der Waals surface area contributed by atoms with Gasteiger partial charge in [0.1, 0.15) is 11.6 Å². The summed E-state index contributed by atoms with van der Waals surface area (Å²) >= 11 is 0. The van der Waals surface area contributed by atoms with Gasteiger partial charge in [-0.05, 0) is 51.2 Å². The van der Waals surface area contributed by atoms with E-state index in [9.17, 15) is 26.8 Å². The SMILES string of the molecule is Cc1nn(C)c(C)c1C(=O)Nc1cc(N2CCN(C)CC2)ccc1C(=O)Nc1n[nH]c2c1CN(S(=O)(=O)c1cc(F)cc(F)c1)CC2. The van der Waals surface area contributed by atoms with Crippen LogP contribution >= 0.6 is 0 Å². The van der Waals surface area contributed by atoms with E-state index in [2.05, 4.69) is 42.8 Å². The van der Waals surface area contributed by atoms with E-state index in [4.69, 9.17) is 0 Å². The molecule has 0 saturated carbocycles. The van der Waals surface area contributed by atoms with E-state index in [0.717, 1.165) is 48.3 Å². The molecule has 3 N–H and O–H groups in total. The Kier molecular flexibility index (Phi) is 8.59. The Labute approximate surface area is 270 Å².